The van der Waals surface area contributed by atoms with E-state index in [1.165, 1.54) is 7.11 Å². The lowest BCUT2D eigenvalue weighted by atomic mass is 9.98. The predicted molar refractivity (Wildman–Crippen MR) is 109 cm³/mol. The van der Waals surface area contributed by atoms with Crippen LogP contribution in [0.25, 0.3) is 0 Å². The van der Waals surface area contributed by atoms with E-state index in [0.717, 1.165) is 17.2 Å². The number of esters is 1. The Morgan fingerprint density at radius 2 is 1.83 bits per heavy atom. The lowest BCUT2D eigenvalue weighted by Gasteiger charge is -2.14. The van der Waals surface area contributed by atoms with Gasteiger partial charge < -0.3 is 19.7 Å². The molecular weight excluding hydrogens is 394 g/mol. The fourth-order valence-electron chi connectivity index (χ4n) is 2.93. The lowest BCUT2D eigenvalue weighted by molar-refractivity contribution is 0.0596. The van der Waals surface area contributed by atoms with Crippen molar-refractivity contribution in [2.45, 2.75) is 19.8 Å². The normalized spacial score (nSPS) is 10.6. The van der Waals surface area contributed by atoms with Gasteiger partial charge in [0.25, 0.3) is 0 Å². The van der Waals surface area contributed by atoms with Crippen LogP contribution >= 0.6 is 11.6 Å². The predicted octanol–water partition coefficient (Wildman–Crippen LogP) is 4.82. The summed E-state index contributed by atoms with van der Waals surface area (Å²) < 4.78 is 10.6. The number of halogens is 1. The van der Waals surface area contributed by atoms with Gasteiger partial charge in [-0.2, -0.15) is 0 Å². The van der Waals surface area contributed by atoms with Crippen molar-refractivity contribution >= 4 is 17.6 Å². The van der Waals surface area contributed by atoms with Crippen molar-refractivity contribution in [3.63, 3.8) is 0 Å². The van der Waals surface area contributed by atoms with Crippen LogP contribution in [-0.4, -0.2) is 28.3 Å². The smallest absolute Gasteiger partial charge is 0.341 e. The van der Waals surface area contributed by atoms with Crippen LogP contribution in [0.5, 0.6) is 23.1 Å². The molecule has 2 aromatic carbocycles. The summed E-state index contributed by atoms with van der Waals surface area (Å²) in [5, 5.41) is 20.1. The fourth-order valence-corrected chi connectivity index (χ4v) is 3.18. The lowest BCUT2D eigenvalue weighted by Crippen LogP contribution is -2.08. The summed E-state index contributed by atoms with van der Waals surface area (Å²) >= 11 is 6.21. The second-order valence-electron chi connectivity index (χ2n) is 6.46. The van der Waals surface area contributed by atoms with Gasteiger partial charge in [-0.15, -0.1) is 0 Å². The number of aromatic hydroxyl groups is 2. The fraction of sp³-hybridized carbons (Fsp3) is 0.182. The summed E-state index contributed by atoms with van der Waals surface area (Å²) in [6.07, 6.45) is 2.28. The molecule has 2 N–H and O–H groups in total. The number of carbonyl (C=O) groups is 1. The first-order valence-corrected chi connectivity index (χ1v) is 9.28. The van der Waals surface area contributed by atoms with Crippen molar-refractivity contribution in [2.75, 3.05) is 7.11 Å². The van der Waals surface area contributed by atoms with E-state index < -0.39 is 11.7 Å². The molecule has 0 radical (unpaired) electrons. The number of aryl methyl sites for hydroxylation is 2. The van der Waals surface area contributed by atoms with Crippen LogP contribution in [-0.2, 0) is 17.6 Å². The Hall–Kier alpha value is -3.25. The number of rotatable bonds is 6. The van der Waals surface area contributed by atoms with E-state index in [1.54, 1.807) is 12.3 Å². The minimum Gasteiger partial charge on any atom is -0.507 e. The van der Waals surface area contributed by atoms with Gasteiger partial charge in [0, 0.05) is 17.8 Å². The Balaban J connectivity index is 1.89. The van der Waals surface area contributed by atoms with Crippen molar-refractivity contribution < 1.29 is 24.5 Å². The molecule has 29 heavy (non-hydrogen) atoms. The zero-order valence-corrected chi connectivity index (χ0v) is 16.7. The molecule has 0 saturated carbocycles. The minimum atomic E-state index is -0.735. The SMILES string of the molecule is COC(=O)c1c(O)cc(O)c(Cl)c1CCc1cccnc1Oc1ccc(C)cc1. The Bertz CT molecular complexity index is 1030. The molecular formula is C22H20ClNO5. The van der Waals surface area contributed by atoms with Crippen LogP contribution in [0.1, 0.15) is 27.0 Å². The first-order valence-electron chi connectivity index (χ1n) is 8.90. The third-order valence-corrected chi connectivity index (χ3v) is 4.86. The van der Waals surface area contributed by atoms with Crippen molar-refractivity contribution in [1.29, 1.82) is 0 Å². The van der Waals surface area contributed by atoms with Crippen LogP contribution in [0.15, 0.2) is 48.7 Å². The summed E-state index contributed by atoms with van der Waals surface area (Å²) in [4.78, 5) is 16.4. The van der Waals surface area contributed by atoms with Gasteiger partial charge in [-0.3, -0.25) is 0 Å². The van der Waals surface area contributed by atoms with Gasteiger partial charge in [0.1, 0.15) is 22.8 Å². The topological polar surface area (TPSA) is 88.9 Å². The molecule has 150 valence electrons. The van der Waals surface area contributed by atoms with Crippen LogP contribution in [0.4, 0.5) is 0 Å². The van der Waals surface area contributed by atoms with E-state index in [0.29, 0.717) is 23.6 Å². The highest BCUT2D eigenvalue weighted by Crippen LogP contribution is 2.37. The van der Waals surface area contributed by atoms with E-state index in [4.69, 9.17) is 21.1 Å². The van der Waals surface area contributed by atoms with Crippen LogP contribution in [0, 0.1) is 6.92 Å². The molecule has 1 aromatic heterocycles. The first kappa shape index (κ1) is 20.5. The van der Waals surface area contributed by atoms with Crippen molar-refractivity contribution in [3.05, 3.63) is 75.9 Å². The molecule has 0 spiro atoms. The summed E-state index contributed by atoms with van der Waals surface area (Å²) in [7, 11) is 1.21. The van der Waals surface area contributed by atoms with E-state index >= 15 is 0 Å². The maximum absolute atomic E-state index is 12.1. The van der Waals surface area contributed by atoms with Gasteiger partial charge in [-0.05, 0) is 43.5 Å². The molecule has 0 atom stereocenters. The monoisotopic (exact) mass is 413 g/mol. The third kappa shape index (κ3) is 4.60. The highest BCUT2D eigenvalue weighted by atomic mass is 35.5. The van der Waals surface area contributed by atoms with Crippen LogP contribution in [0.2, 0.25) is 5.02 Å². The number of nitrogens with zero attached hydrogens (tertiary/aromatic N) is 1. The largest absolute Gasteiger partial charge is 0.507 e. The highest BCUT2D eigenvalue weighted by Gasteiger charge is 2.23. The van der Waals surface area contributed by atoms with Crippen LogP contribution in [0.3, 0.4) is 0 Å². The van der Waals surface area contributed by atoms with Gasteiger partial charge in [-0.25, -0.2) is 9.78 Å². The number of hydrogen-bond donors (Lipinski definition) is 2. The number of aromatic nitrogens is 1. The minimum absolute atomic E-state index is 0.00640. The molecule has 0 aliphatic heterocycles. The molecule has 1 heterocycles. The second kappa shape index (κ2) is 8.84. The molecule has 0 aliphatic carbocycles. The maximum atomic E-state index is 12.1. The number of benzene rings is 2. The molecule has 0 unspecified atom stereocenters. The summed E-state index contributed by atoms with van der Waals surface area (Å²) in [6.45, 7) is 1.99. The van der Waals surface area contributed by atoms with E-state index in [1.807, 2.05) is 37.3 Å². The Labute approximate surface area is 173 Å². The number of phenols is 2. The van der Waals surface area contributed by atoms with E-state index in [2.05, 4.69) is 4.98 Å². The number of hydrogen-bond acceptors (Lipinski definition) is 6. The summed E-state index contributed by atoms with van der Waals surface area (Å²) in [5.41, 5.74) is 2.12. The standard InChI is InChI=1S/C22H20ClNO5/c1-13-5-8-15(9-6-13)29-21-14(4-3-11-24-21)7-10-16-19(22(27)28-2)17(25)12-18(26)20(16)23/h3-6,8-9,11-12,25-26H,7,10H2,1-2H3. The number of pyridine rings is 1. The second-order valence-corrected chi connectivity index (χ2v) is 6.83. The molecule has 0 bridgehead atoms. The maximum Gasteiger partial charge on any atom is 0.341 e. The molecule has 6 nitrogen and oxygen atoms in total. The molecule has 0 saturated heterocycles. The van der Waals surface area contributed by atoms with Gasteiger partial charge in [0.05, 0.1) is 12.1 Å². The summed E-state index contributed by atoms with van der Waals surface area (Å²) in [6, 6.07) is 12.2. The average molecular weight is 414 g/mol. The Morgan fingerprint density at radius 3 is 2.52 bits per heavy atom. The number of methoxy groups -OCH3 is 1. The number of carbonyl (C=O) groups excluding carboxylic acids is 1. The molecule has 7 heteroatoms. The van der Waals surface area contributed by atoms with Crippen molar-refractivity contribution in [2.24, 2.45) is 0 Å². The number of ether oxygens (including phenoxy) is 2. The highest BCUT2D eigenvalue weighted by molar-refractivity contribution is 6.33. The summed E-state index contributed by atoms with van der Waals surface area (Å²) in [5.74, 6) is -0.359. The number of phenolic OH excluding ortho intramolecular Hbond substituents is 2. The van der Waals surface area contributed by atoms with Gasteiger partial charge >= 0.3 is 5.97 Å². The zero-order chi connectivity index (χ0) is 21.0. The van der Waals surface area contributed by atoms with E-state index in [9.17, 15) is 15.0 Å². The first-order chi connectivity index (χ1) is 13.9. The Kier molecular flexibility index (Phi) is 6.24. The zero-order valence-electron chi connectivity index (χ0n) is 16.0. The van der Waals surface area contributed by atoms with Gasteiger partial charge in [-0.1, -0.05) is 35.4 Å². The Morgan fingerprint density at radius 1 is 1.10 bits per heavy atom. The molecule has 0 fully saturated rings. The molecule has 0 aliphatic rings. The third-order valence-electron chi connectivity index (χ3n) is 4.44. The van der Waals surface area contributed by atoms with Gasteiger partial charge in [0.15, 0.2) is 0 Å². The van der Waals surface area contributed by atoms with E-state index in [-0.39, 0.29) is 22.8 Å². The average Bonchev–Trinajstić information content (AvgIpc) is 2.71. The quantitative estimate of drug-likeness (QED) is 0.563. The molecule has 0 amide bonds. The van der Waals surface area contributed by atoms with Crippen molar-refractivity contribution in [1.82, 2.24) is 4.98 Å². The van der Waals surface area contributed by atoms with Gasteiger partial charge in [0.2, 0.25) is 5.88 Å². The molecule has 3 aromatic rings. The molecule has 3 rings (SSSR count). The van der Waals surface area contributed by atoms with Crippen molar-refractivity contribution in [3.8, 4) is 23.1 Å². The van der Waals surface area contributed by atoms with Crippen LogP contribution < -0.4 is 4.74 Å².